The molecule has 1 aliphatic rings. The largest absolute Gasteiger partial charge is 0.468 e. The van der Waals surface area contributed by atoms with E-state index in [-0.39, 0.29) is 12.0 Å². The standard InChI is InChI=1S/C20H17F4NO2/c1-12-16(4-3-5-17(12)21)19(18(26)27-2)7-6-13(9-19)14-8-15(11-25-10-14)20(22,23)24/h3-5,8-11H,6-7H2,1-2H3. The lowest BCUT2D eigenvalue weighted by Gasteiger charge is -2.26. The van der Waals surface area contributed by atoms with Crippen LogP contribution in [-0.2, 0) is 21.1 Å². The first-order valence-electron chi connectivity index (χ1n) is 8.27. The van der Waals surface area contributed by atoms with Crippen molar-refractivity contribution in [2.75, 3.05) is 7.11 Å². The molecule has 0 bridgehead atoms. The maximum Gasteiger partial charge on any atom is 0.417 e. The van der Waals surface area contributed by atoms with Crippen molar-refractivity contribution in [3.8, 4) is 0 Å². The Kier molecular flexibility index (Phi) is 4.80. The number of hydrogen-bond acceptors (Lipinski definition) is 3. The van der Waals surface area contributed by atoms with Gasteiger partial charge in [0.2, 0.25) is 0 Å². The summed E-state index contributed by atoms with van der Waals surface area (Å²) in [6.07, 6.45) is -0.238. The highest BCUT2D eigenvalue weighted by molar-refractivity contribution is 5.91. The van der Waals surface area contributed by atoms with Crippen LogP contribution in [0.5, 0.6) is 0 Å². The van der Waals surface area contributed by atoms with Gasteiger partial charge >= 0.3 is 12.1 Å². The van der Waals surface area contributed by atoms with Crippen molar-refractivity contribution < 1.29 is 27.1 Å². The summed E-state index contributed by atoms with van der Waals surface area (Å²) in [6.45, 7) is 1.56. The van der Waals surface area contributed by atoms with Crippen LogP contribution in [0.1, 0.15) is 35.1 Å². The van der Waals surface area contributed by atoms with Crippen LogP contribution < -0.4 is 0 Å². The maximum atomic E-state index is 14.1. The lowest BCUT2D eigenvalue weighted by molar-refractivity contribution is -0.145. The highest BCUT2D eigenvalue weighted by atomic mass is 19.4. The number of rotatable bonds is 3. The molecule has 3 nitrogen and oxygen atoms in total. The van der Waals surface area contributed by atoms with Crippen LogP contribution in [-0.4, -0.2) is 18.1 Å². The molecule has 3 rings (SSSR count). The first-order chi connectivity index (χ1) is 12.7. The fraction of sp³-hybridized carbons (Fsp3) is 0.300. The zero-order chi connectivity index (χ0) is 19.8. The van der Waals surface area contributed by atoms with E-state index in [1.807, 2.05) is 0 Å². The molecule has 142 valence electrons. The second-order valence-corrected chi connectivity index (χ2v) is 6.50. The van der Waals surface area contributed by atoms with Crippen LogP contribution in [0.25, 0.3) is 5.57 Å². The Morgan fingerprint density at radius 2 is 2.00 bits per heavy atom. The smallest absolute Gasteiger partial charge is 0.417 e. The Balaban J connectivity index is 2.13. The van der Waals surface area contributed by atoms with E-state index in [0.717, 1.165) is 12.3 Å². The molecule has 0 N–H and O–H groups in total. The van der Waals surface area contributed by atoms with Gasteiger partial charge in [0.1, 0.15) is 11.2 Å². The minimum Gasteiger partial charge on any atom is -0.468 e. The predicted molar refractivity (Wildman–Crippen MR) is 91.3 cm³/mol. The van der Waals surface area contributed by atoms with Crippen LogP contribution in [0.4, 0.5) is 17.6 Å². The van der Waals surface area contributed by atoms with E-state index in [2.05, 4.69) is 4.98 Å². The maximum absolute atomic E-state index is 14.1. The van der Waals surface area contributed by atoms with Gasteiger partial charge in [-0.2, -0.15) is 13.2 Å². The van der Waals surface area contributed by atoms with Gasteiger partial charge in [0.05, 0.1) is 12.7 Å². The van der Waals surface area contributed by atoms with Crippen LogP contribution in [0, 0.1) is 12.7 Å². The number of methoxy groups -OCH3 is 1. The van der Waals surface area contributed by atoms with Gasteiger partial charge in [-0.3, -0.25) is 9.78 Å². The molecule has 1 atom stereocenters. The van der Waals surface area contributed by atoms with Gasteiger partial charge in [-0.25, -0.2) is 4.39 Å². The molecule has 0 saturated heterocycles. The van der Waals surface area contributed by atoms with E-state index in [1.54, 1.807) is 19.1 Å². The number of carbonyl (C=O) groups is 1. The van der Waals surface area contributed by atoms with Gasteiger partial charge in [-0.1, -0.05) is 18.2 Å². The van der Waals surface area contributed by atoms with Crippen LogP contribution >= 0.6 is 0 Å². The third-order valence-corrected chi connectivity index (χ3v) is 4.94. The Morgan fingerprint density at radius 3 is 2.67 bits per heavy atom. The quantitative estimate of drug-likeness (QED) is 0.566. The highest BCUT2D eigenvalue weighted by Crippen LogP contribution is 2.45. The van der Waals surface area contributed by atoms with E-state index in [9.17, 15) is 22.4 Å². The summed E-state index contributed by atoms with van der Waals surface area (Å²) in [5, 5.41) is 0. The van der Waals surface area contributed by atoms with Gasteiger partial charge in [0.15, 0.2) is 0 Å². The third-order valence-electron chi connectivity index (χ3n) is 4.94. The number of halogens is 4. The molecule has 1 heterocycles. The number of esters is 1. The van der Waals surface area contributed by atoms with Crippen LogP contribution in [0.15, 0.2) is 42.7 Å². The second-order valence-electron chi connectivity index (χ2n) is 6.50. The van der Waals surface area contributed by atoms with Crippen molar-refractivity contribution in [3.63, 3.8) is 0 Å². The molecule has 27 heavy (non-hydrogen) atoms. The van der Waals surface area contributed by atoms with Crippen LogP contribution in [0.2, 0.25) is 0 Å². The summed E-state index contributed by atoms with van der Waals surface area (Å²) >= 11 is 0. The molecule has 1 aromatic carbocycles. The molecule has 0 saturated carbocycles. The van der Waals surface area contributed by atoms with E-state index >= 15 is 0 Å². The summed E-state index contributed by atoms with van der Waals surface area (Å²) in [5.74, 6) is -1.04. The molecule has 0 amide bonds. The number of benzene rings is 1. The molecular weight excluding hydrogens is 362 g/mol. The van der Waals surface area contributed by atoms with Crippen molar-refractivity contribution in [3.05, 3.63) is 70.8 Å². The van der Waals surface area contributed by atoms with E-state index in [4.69, 9.17) is 4.74 Å². The number of allylic oxidation sites excluding steroid dienone is 1. The number of ether oxygens (including phenoxy) is 1. The lowest BCUT2D eigenvalue weighted by atomic mass is 9.77. The summed E-state index contributed by atoms with van der Waals surface area (Å²) in [7, 11) is 1.23. The van der Waals surface area contributed by atoms with E-state index < -0.39 is 28.9 Å². The minimum absolute atomic E-state index is 0.273. The molecule has 7 heteroatoms. The Bertz CT molecular complexity index is 920. The minimum atomic E-state index is -4.51. The number of nitrogens with zero attached hydrogens (tertiary/aromatic N) is 1. The summed E-state index contributed by atoms with van der Waals surface area (Å²) in [4.78, 5) is 16.3. The number of alkyl halides is 3. The normalized spacial score (nSPS) is 19.7. The monoisotopic (exact) mass is 379 g/mol. The molecule has 0 aliphatic heterocycles. The number of hydrogen-bond donors (Lipinski definition) is 0. The van der Waals surface area contributed by atoms with Crippen LogP contribution in [0.3, 0.4) is 0 Å². The topological polar surface area (TPSA) is 39.2 Å². The van der Waals surface area contributed by atoms with Gasteiger partial charge in [-0.15, -0.1) is 0 Å². The molecule has 0 fully saturated rings. The average Bonchev–Trinajstić information content (AvgIpc) is 3.09. The third kappa shape index (κ3) is 3.34. The molecule has 1 aliphatic carbocycles. The lowest BCUT2D eigenvalue weighted by Crippen LogP contribution is -2.34. The SMILES string of the molecule is COC(=O)C1(c2cccc(F)c2C)C=C(c2cncc(C(F)(F)F)c2)CC1. The predicted octanol–water partition coefficient (Wildman–Crippen LogP) is 4.84. The van der Waals surface area contributed by atoms with Crippen molar-refractivity contribution in [1.82, 2.24) is 4.98 Å². The highest BCUT2D eigenvalue weighted by Gasteiger charge is 2.44. The Morgan fingerprint density at radius 1 is 1.26 bits per heavy atom. The Hall–Kier alpha value is -2.70. The molecule has 1 unspecified atom stereocenters. The molecule has 1 aromatic heterocycles. The first kappa shape index (κ1) is 19.1. The van der Waals surface area contributed by atoms with E-state index in [0.29, 0.717) is 23.1 Å². The Labute approximate surface area is 153 Å². The summed E-state index contributed by atoms with van der Waals surface area (Å²) < 4.78 is 57.9. The van der Waals surface area contributed by atoms with Crippen molar-refractivity contribution in [2.24, 2.45) is 0 Å². The number of pyridine rings is 1. The van der Waals surface area contributed by atoms with E-state index in [1.165, 1.54) is 25.4 Å². The van der Waals surface area contributed by atoms with Gasteiger partial charge in [0, 0.05) is 12.4 Å². The zero-order valence-corrected chi connectivity index (χ0v) is 14.7. The van der Waals surface area contributed by atoms with Crippen molar-refractivity contribution >= 4 is 11.5 Å². The fourth-order valence-corrected chi connectivity index (χ4v) is 3.53. The fourth-order valence-electron chi connectivity index (χ4n) is 3.53. The van der Waals surface area contributed by atoms with Gasteiger partial charge < -0.3 is 4.74 Å². The first-order valence-corrected chi connectivity index (χ1v) is 8.27. The molecule has 0 radical (unpaired) electrons. The number of aromatic nitrogens is 1. The zero-order valence-electron chi connectivity index (χ0n) is 14.7. The van der Waals surface area contributed by atoms with Gasteiger partial charge in [-0.05, 0) is 54.2 Å². The second kappa shape index (κ2) is 6.79. The number of carbonyl (C=O) groups excluding carboxylic acids is 1. The molecular formula is C20H17F4NO2. The van der Waals surface area contributed by atoms with Gasteiger partial charge in [0.25, 0.3) is 0 Å². The van der Waals surface area contributed by atoms with Crippen molar-refractivity contribution in [2.45, 2.75) is 31.4 Å². The summed E-state index contributed by atoms with van der Waals surface area (Å²) in [5.41, 5.74) is -0.526. The molecule has 0 spiro atoms. The molecule has 2 aromatic rings. The van der Waals surface area contributed by atoms with Crippen molar-refractivity contribution in [1.29, 1.82) is 0 Å². The summed E-state index contributed by atoms with van der Waals surface area (Å²) in [6, 6.07) is 5.43. The average molecular weight is 379 g/mol.